The molecule has 6 nitrogen and oxygen atoms in total. The number of hydrogen-bond acceptors (Lipinski definition) is 5. The molecular formula is C26H45NO5. The number of aliphatic hydroxyl groups excluding tert-OH is 1. The summed E-state index contributed by atoms with van der Waals surface area (Å²) >= 11 is 0. The number of esters is 1. The SMILES string of the molecule is C=C(C)C(=O)OC(CCCCCCCC(C=O)CC=CCCCCC)(CC(C)O)C(N)=O. The number of unbranched alkanes of at least 4 members (excludes halogenated alkanes) is 7. The molecule has 6 heteroatoms. The van der Waals surface area contributed by atoms with E-state index in [1.807, 2.05) is 0 Å². The number of carbonyl (C=O) groups is 3. The van der Waals surface area contributed by atoms with Gasteiger partial charge in [-0.1, -0.05) is 64.2 Å². The molecule has 184 valence electrons. The monoisotopic (exact) mass is 451 g/mol. The number of nitrogens with two attached hydrogens (primary N) is 1. The lowest BCUT2D eigenvalue weighted by atomic mass is 9.88. The van der Waals surface area contributed by atoms with Gasteiger partial charge in [-0.25, -0.2) is 4.79 Å². The van der Waals surface area contributed by atoms with Crippen LogP contribution in [0, 0.1) is 5.92 Å². The smallest absolute Gasteiger partial charge is 0.334 e. The summed E-state index contributed by atoms with van der Waals surface area (Å²) in [7, 11) is 0. The minimum absolute atomic E-state index is 0.0334. The molecule has 0 aliphatic carbocycles. The number of carbonyl (C=O) groups excluding carboxylic acids is 3. The van der Waals surface area contributed by atoms with E-state index in [4.69, 9.17) is 10.5 Å². The zero-order valence-corrected chi connectivity index (χ0v) is 20.4. The van der Waals surface area contributed by atoms with Crippen molar-refractivity contribution in [1.29, 1.82) is 0 Å². The van der Waals surface area contributed by atoms with Gasteiger partial charge in [-0.2, -0.15) is 0 Å². The van der Waals surface area contributed by atoms with Crippen molar-refractivity contribution < 1.29 is 24.2 Å². The zero-order chi connectivity index (χ0) is 24.4. The number of amides is 1. The average molecular weight is 452 g/mol. The molecule has 0 aliphatic rings. The minimum atomic E-state index is -1.52. The first kappa shape index (κ1) is 30.0. The number of allylic oxidation sites excluding steroid dienone is 2. The molecular weight excluding hydrogens is 406 g/mol. The lowest BCUT2D eigenvalue weighted by Crippen LogP contribution is -2.49. The van der Waals surface area contributed by atoms with Gasteiger partial charge in [-0.3, -0.25) is 4.79 Å². The Morgan fingerprint density at radius 2 is 1.75 bits per heavy atom. The Morgan fingerprint density at radius 3 is 2.31 bits per heavy atom. The van der Waals surface area contributed by atoms with Gasteiger partial charge in [0, 0.05) is 17.9 Å². The summed E-state index contributed by atoms with van der Waals surface area (Å²) in [5.41, 5.74) is 4.22. The van der Waals surface area contributed by atoms with Gasteiger partial charge in [0.25, 0.3) is 5.91 Å². The summed E-state index contributed by atoms with van der Waals surface area (Å²) in [6, 6.07) is 0. The summed E-state index contributed by atoms with van der Waals surface area (Å²) in [5.74, 6) is -1.35. The zero-order valence-electron chi connectivity index (χ0n) is 20.4. The van der Waals surface area contributed by atoms with Crippen LogP contribution in [-0.2, 0) is 19.1 Å². The maximum Gasteiger partial charge on any atom is 0.334 e. The highest BCUT2D eigenvalue weighted by Crippen LogP contribution is 2.27. The third-order valence-corrected chi connectivity index (χ3v) is 5.64. The summed E-state index contributed by atoms with van der Waals surface area (Å²) in [6.45, 7) is 8.78. The van der Waals surface area contributed by atoms with Crippen LogP contribution in [0.4, 0.5) is 0 Å². The molecule has 0 fully saturated rings. The fraction of sp³-hybridized carbons (Fsp3) is 0.731. The van der Waals surface area contributed by atoms with Crippen molar-refractivity contribution in [2.45, 2.75) is 116 Å². The van der Waals surface area contributed by atoms with E-state index in [0.717, 1.165) is 51.2 Å². The molecule has 0 spiro atoms. The van der Waals surface area contributed by atoms with E-state index >= 15 is 0 Å². The average Bonchev–Trinajstić information content (AvgIpc) is 2.72. The molecule has 0 heterocycles. The molecule has 0 saturated carbocycles. The van der Waals surface area contributed by atoms with Crippen molar-refractivity contribution in [3.05, 3.63) is 24.3 Å². The van der Waals surface area contributed by atoms with Crippen LogP contribution in [0.1, 0.15) is 104 Å². The molecule has 0 aliphatic heterocycles. The summed E-state index contributed by atoms with van der Waals surface area (Å²) in [5, 5.41) is 9.80. The molecule has 3 atom stereocenters. The van der Waals surface area contributed by atoms with Crippen LogP contribution in [0.15, 0.2) is 24.3 Å². The van der Waals surface area contributed by atoms with Gasteiger partial charge >= 0.3 is 5.97 Å². The quantitative estimate of drug-likeness (QED) is 0.0872. The number of rotatable bonds is 20. The van der Waals surface area contributed by atoms with E-state index in [-0.39, 0.29) is 24.3 Å². The van der Waals surface area contributed by atoms with Crippen LogP contribution in [0.3, 0.4) is 0 Å². The Hall–Kier alpha value is -1.95. The first-order valence-corrected chi connectivity index (χ1v) is 12.2. The Morgan fingerprint density at radius 1 is 1.09 bits per heavy atom. The van der Waals surface area contributed by atoms with E-state index < -0.39 is 23.6 Å². The Balaban J connectivity index is 4.36. The van der Waals surface area contributed by atoms with Gasteiger partial charge in [0.2, 0.25) is 0 Å². The van der Waals surface area contributed by atoms with Crippen LogP contribution in [0.2, 0.25) is 0 Å². The lowest BCUT2D eigenvalue weighted by Gasteiger charge is -2.31. The number of ether oxygens (including phenoxy) is 1. The van der Waals surface area contributed by atoms with Gasteiger partial charge in [-0.05, 0) is 52.4 Å². The lowest BCUT2D eigenvalue weighted by molar-refractivity contribution is -0.168. The van der Waals surface area contributed by atoms with Gasteiger partial charge in [0.05, 0.1) is 6.10 Å². The van der Waals surface area contributed by atoms with Gasteiger partial charge in [0.1, 0.15) is 6.29 Å². The van der Waals surface area contributed by atoms with Gasteiger partial charge < -0.3 is 20.4 Å². The number of aldehydes is 1. The van der Waals surface area contributed by atoms with Crippen molar-refractivity contribution >= 4 is 18.2 Å². The van der Waals surface area contributed by atoms with Crippen molar-refractivity contribution in [1.82, 2.24) is 0 Å². The van der Waals surface area contributed by atoms with Crippen LogP contribution >= 0.6 is 0 Å². The van der Waals surface area contributed by atoms with Crippen LogP contribution in [0.5, 0.6) is 0 Å². The van der Waals surface area contributed by atoms with Gasteiger partial charge in [0.15, 0.2) is 5.60 Å². The normalized spacial score (nSPS) is 15.1. The molecule has 0 bridgehead atoms. The van der Waals surface area contributed by atoms with Crippen molar-refractivity contribution in [2.24, 2.45) is 11.7 Å². The van der Waals surface area contributed by atoms with E-state index in [0.29, 0.717) is 6.42 Å². The maximum absolute atomic E-state index is 12.1. The van der Waals surface area contributed by atoms with Crippen LogP contribution < -0.4 is 5.73 Å². The van der Waals surface area contributed by atoms with Crippen LogP contribution in [-0.4, -0.2) is 35.0 Å². The molecule has 0 aromatic carbocycles. The molecule has 0 aromatic rings. The standard InChI is InChI=1S/C26H45NO5/c1-5-6-7-8-10-13-16-23(20-28)17-14-11-9-12-15-18-26(25(27)31,19-22(4)29)32-24(30)21(2)3/h10,13,20,22-23,29H,2,5-9,11-12,14-19H2,1,3-4H3,(H2,27,31). The molecule has 0 radical (unpaired) electrons. The Bertz CT molecular complexity index is 599. The van der Waals surface area contributed by atoms with Crippen LogP contribution in [0.25, 0.3) is 0 Å². The number of primary amides is 1. The van der Waals surface area contributed by atoms with Gasteiger partial charge in [-0.15, -0.1) is 0 Å². The fourth-order valence-electron chi connectivity index (χ4n) is 3.70. The molecule has 32 heavy (non-hydrogen) atoms. The molecule has 0 rings (SSSR count). The van der Waals surface area contributed by atoms with E-state index in [9.17, 15) is 19.5 Å². The summed E-state index contributed by atoms with van der Waals surface area (Å²) < 4.78 is 5.40. The topological polar surface area (TPSA) is 107 Å². The second-order valence-electron chi connectivity index (χ2n) is 8.99. The second kappa shape index (κ2) is 17.6. The van der Waals surface area contributed by atoms with Crippen molar-refractivity contribution in [2.75, 3.05) is 0 Å². The first-order chi connectivity index (χ1) is 15.2. The third-order valence-electron chi connectivity index (χ3n) is 5.64. The minimum Gasteiger partial charge on any atom is -0.446 e. The number of hydrogen-bond donors (Lipinski definition) is 2. The predicted molar refractivity (Wildman–Crippen MR) is 129 cm³/mol. The molecule has 0 aromatic heterocycles. The summed E-state index contributed by atoms with van der Waals surface area (Å²) in [4.78, 5) is 35.4. The highest BCUT2D eigenvalue weighted by molar-refractivity contribution is 5.92. The molecule has 0 saturated heterocycles. The molecule has 3 N–H and O–H groups in total. The highest BCUT2D eigenvalue weighted by Gasteiger charge is 2.41. The number of aliphatic hydroxyl groups is 1. The molecule has 3 unspecified atom stereocenters. The van der Waals surface area contributed by atoms with Crippen molar-refractivity contribution in [3.63, 3.8) is 0 Å². The van der Waals surface area contributed by atoms with Crippen molar-refractivity contribution in [3.8, 4) is 0 Å². The van der Waals surface area contributed by atoms with E-state index in [1.54, 1.807) is 0 Å². The van der Waals surface area contributed by atoms with E-state index in [2.05, 4.69) is 25.7 Å². The Labute approximate surface area is 194 Å². The predicted octanol–water partition coefficient (Wildman–Crippen LogP) is 5.17. The largest absolute Gasteiger partial charge is 0.446 e. The molecule has 1 amide bonds. The maximum atomic E-state index is 12.1. The van der Waals surface area contributed by atoms with E-state index in [1.165, 1.54) is 33.1 Å². The third kappa shape index (κ3) is 13.5. The fourth-order valence-corrected chi connectivity index (χ4v) is 3.70. The first-order valence-electron chi connectivity index (χ1n) is 12.2. The highest BCUT2D eigenvalue weighted by atomic mass is 16.6. The Kier molecular flexibility index (Phi) is 16.5. The second-order valence-corrected chi connectivity index (χ2v) is 8.99. The summed E-state index contributed by atoms with van der Waals surface area (Å²) in [6.07, 6.45) is 15.7.